The zero-order chi connectivity index (χ0) is 19.3. The third-order valence-corrected chi connectivity index (χ3v) is 6.27. The normalized spacial score (nSPS) is 19.4. The van der Waals surface area contributed by atoms with Gasteiger partial charge in [-0.1, -0.05) is 6.07 Å². The highest BCUT2D eigenvalue weighted by atomic mass is 127. The van der Waals surface area contributed by atoms with Crippen LogP contribution in [-0.4, -0.2) is 44.3 Å². The first-order valence-corrected chi connectivity index (χ1v) is 10.6. The number of rotatable bonds is 6. The Morgan fingerprint density at radius 2 is 2.14 bits per heavy atom. The Kier molecular flexibility index (Phi) is 8.60. The fraction of sp³-hybridized carbons (Fsp3) is 0.550. The predicted molar refractivity (Wildman–Crippen MR) is 129 cm³/mol. The summed E-state index contributed by atoms with van der Waals surface area (Å²) < 4.78 is 2.19. The number of nitrogens with one attached hydrogen (secondary N) is 2. The fourth-order valence-electron chi connectivity index (χ4n) is 3.26. The molecule has 1 atom stereocenters. The summed E-state index contributed by atoms with van der Waals surface area (Å²) in [5.41, 5.74) is 3.17. The van der Waals surface area contributed by atoms with Crippen molar-refractivity contribution in [2.75, 3.05) is 18.8 Å². The number of pyridine rings is 1. The smallest absolute Gasteiger partial charge is 0.191 e. The number of aromatic nitrogens is 3. The zero-order valence-corrected chi connectivity index (χ0v) is 20.3. The van der Waals surface area contributed by atoms with E-state index in [0.717, 1.165) is 41.8 Å². The lowest BCUT2D eigenvalue weighted by Crippen LogP contribution is -2.43. The van der Waals surface area contributed by atoms with Crippen LogP contribution in [0.4, 0.5) is 0 Å². The Morgan fingerprint density at radius 1 is 1.32 bits per heavy atom. The van der Waals surface area contributed by atoms with Gasteiger partial charge in [-0.2, -0.15) is 16.9 Å². The minimum absolute atomic E-state index is 0. The number of hydrogen-bond acceptors (Lipinski definition) is 4. The second-order valence-corrected chi connectivity index (χ2v) is 9.00. The van der Waals surface area contributed by atoms with Crippen LogP contribution in [0.1, 0.15) is 43.6 Å². The third kappa shape index (κ3) is 6.10. The molecule has 0 aromatic carbocycles. The molecule has 0 bridgehead atoms. The molecule has 0 aliphatic carbocycles. The summed E-state index contributed by atoms with van der Waals surface area (Å²) >= 11 is 2.06. The van der Waals surface area contributed by atoms with E-state index in [4.69, 9.17) is 4.99 Å². The van der Waals surface area contributed by atoms with E-state index in [0.29, 0.717) is 11.3 Å². The van der Waals surface area contributed by atoms with Crippen molar-refractivity contribution in [3.05, 3.63) is 41.3 Å². The van der Waals surface area contributed by atoms with Crippen LogP contribution in [0.15, 0.2) is 29.4 Å². The second kappa shape index (κ2) is 10.5. The lowest BCUT2D eigenvalue weighted by atomic mass is 10.1. The van der Waals surface area contributed by atoms with E-state index < -0.39 is 0 Å². The first-order chi connectivity index (χ1) is 13.0. The SMILES string of the molecule is CCNC(=NCc1ccc(-n2nc(C)cc2C)nc1)NCC1(C)CCCS1.I. The average Bonchev–Trinajstić information content (AvgIpc) is 3.23. The molecule has 1 unspecified atom stereocenters. The summed E-state index contributed by atoms with van der Waals surface area (Å²) in [7, 11) is 0. The van der Waals surface area contributed by atoms with Gasteiger partial charge < -0.3 is 10.6 Å². The van der Waals surface area contributed by atoms with E-state index in [-0.39, 0.29) is 24.0 Å². The quantitative estimate of drug-likeness (QED) is 0.349. The monoisotopic (exact) mass is 514 g/mol. The molecule has 1 saturated heterocycles. The van der Waals surface area contributed by atoms with Crippen LogP contribution in [-0.2, 0) is 6.54 Å². The highest BCUT2D eigenvalue weighted by molar-refractivity contribution is 14.0. The number of aliphatic imine (C=N–C) groups is 1. The third-order valence-electron chi connectivity index (χ3n) is 4.73. The van der Waals surface area contributed by atoms with Crippen LogP contribution in [0.25, 0.3) is 5.82 Å². The number of guanidine groups is 1. The van der Waals surface area contributed by atoms with E-state index in [2.05, 4.69) is 58.5 Å². The van der Waals surface area contributed by atoms with Gasteiger partial charge in [0.1, 0.15) is 0 Å². The molecule has 2 N–H and O–H groups in total. The molecule has 0 saturated carbocycles. The highest BCUT2D eigenvalue weighted by Gasteiger charge is 2.29. The number of aryl methyl sites for hydroxylation is 2. The number of thioether (sulfide) groups is 1. The Morgan fingerprint density at radius 3 is 2.71 bits per heavy atom. The summed E-state index contributed by atoms with van der Waals surface area (Å²) in [4.78, 5) is 9.28. The van der Waals surface area contributed by atoms with E-state index in [1.165, 1.54) is 18.6 Å². The van der Waals surface area contributed by atoms with Crippen molar-refractivity contribution in [3.63, 3.8) is 0 Å². The van der Waals surface area contributed by atoms with E-state index >= 15 is 0 Å². The molecule has 28 heavy (non-hydrogen) atoms. The summed E-state index contributed by atoms with van der Waals surface area (Å²) in [5, 5.41) is 11.3. The molecule has 0 spiro atoms. The van der Waals surface area contributed by atoms with Crippen molar-refractivity contribution in [2.45, 2.75) is 51.8 Å². The van der Waals surface area contributed by atoms with Gasteiger partial charge in [-0.15, -0.1) is 24.0 Å². The Balaban J connectivity index is 0.00000280. The van der Waals surface area contributed by atoms with Crippen molar-refractivity contribution < 1.29 is 0 Å². The first kappa shape index (κ1) is 23.0. The molecular weight excluding hydrogens is 483 g/mol. The van der Waals surface area contributed by atoms with E-state index in [1.54, 1.807) is 0 Å². The van der Waals surface area contributed by atoms with Crippen LogP contribution in [0.5, 0.6) is 0 Å². The molecule has 2 aromatic rings. The van der Waals surface area contributed by atoms with Crippen molar-refractivity contribution in [1.29, 1.82) is 0 Å². The predicted octanol–water partition coefficient (Wildman–Crippen LogP) is 3.84. The molecule has 3 rings (SSSR count). The van der Waals surface area contributed by atoms with E-state index in [1.807, 2.05) is 30.8 Å². The molecule has 1 fully saturated rings. The van der Waals surface area contributed by atoms with Crippen LogP contribution in [0.3, 0.4) is 0 Å². The molecule has 1 aliphatic heterocycles. The Hall–Kier alpha value is -1.29. The van der Waals surface area contributed by atoms with Gasteiger partial charge in [-0.3, -0.25) is 0 Å². The van der Waals surface area contributed by atoms with Crippen molar-refractivity contribution in [2.24, 2.45) is 4.99 Å². The van der Waals surface area contributed by atoms with Gasteiger partial charge in [0.05, 0.1) is 12.2 Å². The maximum absolute atomic E-state index is 4.72. The zero-order valence-electron chi connectivity index (χ0n) is 17.2. The van der Waals surface area contributed by atoms with Crippen LogP contribution in [0.2, 0.25) is 0 Å². The topological polar surface area (TPSA) is 67.1 Å². The summed E-state index contributed by atoms with van der Waals surface area (Å²) in [6.07, 6.45) is 4.46. The molecule has 0 amide bonds. The van der Waals surface area contributed by atoms with Gasteiger partial charge in [-0.05, 0) is 64.0 Å². The van der Waals surface area contributed by atoms with Crippen molar-refractivity contribution in [1.82, 2.24) is 25.4 Å². The molecule has 6 nitrogen and oxygen atoms in total. The van der Waals surface area contributed by atoms with Crippen LogP contribution >= 0.6 is 35.7 Å². The number of halogens is 1. The van der Waals surface area contributed by atoms with Gasteiger partial charge >= 0.3 is 0 Å². The summed E-state index contributed by atoms with van der Waals surface area (Å²) in [6, 6.07) is 6.12. The minimum Gasteiger partial charge on any atom is -0.357 e. The highest BCUT2D eigenvalue weighted by Crippen LogP contribution is 2.36. The molecule has 8 heteroatoms. The van der Waals surface area contributed by atoms with Gasteiger partial charge in [0.25, 0.3) is 0 Å². The van der Waals surface area contributed by atoms with Gasteiger partial charge in [0.15, 0.2) is 11.8 Å². The van der Waals surface area contributed by atoms with Crippen LogP contribution < -0.4 is 10.6 Å². The van der Waals surface area contributed by atoms with Gasteiger partial charge in [-0.25, -0.2) is 14.7 Å². The average molecular weight is 514 g/mol. The van der Waals surface area contributed by atoms with Crippen molar-refractivity contribution >= 4 is 41.7 Å². The Labute approximate surface area is 189 Å². The lowest BCUT2D eigenvalue weighted by molar-refractivity contribution is 0.584. The number of hydrogen-bond donors (Lipinski definition) is 2. The number of nitrogens with zero attached hydrogens (tertiary/aromatic N) is 4. The second-order valence-electron chi connectivity index (χ2n) is 7.31. The van der Waals surface area contributed by atoms with E-state index in [9.17, 15) is 0 Å². The van der Waals surface area contributed by atoms with Gasteiger partial charge in [0.2, 0.25) is 0 Å². The van der Waals surface area contributed by atoms with Crippen molar-refractivity contribution in [3.8, 4) is 5.82 Å². The largest absolute Gasteiger partial charge is 0.357 e. The maximum Gasteiger partial charge on any atom is 0.191 e. The molecule has 0 radical (unpaired) electrons. The molecule has 3 heterocycles. The van der Waals surface area contributed by atoms with Crippen LogP contribution in [0, 0.1) is 13.8 Å². The molecule has 1 aliphatic rings. The minimum atomic E-state index is 0. The fourth-order valence-corrected chi connectivity index (χ4v) is 4.50. The first-order valence-electron chi connectivity index (χ1n) is 9.64. The molecule has 2 aromatic heterocycles. The van der Waals surface area contributed by atoms with Gasteiger partial charge in [0, 0.05) is 29.7 Å². The Bertz CT molecular complexity index is 780. The summed E-state index contributed by atoms with van der Waals surface area (Å²) in [6.45, 7) is 10.9. The standard InChI is InChI=1S/C20H30N6S.HI/c1-5-21-19(24-14-20(4)9-6-10-27-20)23-13-17-7-8-18(22-12-17)26-16(3)11-15(2)25-26;/h7-8,11-12H,5-6,9-10,13-14H2,1-4H3,(H2,21,23,24);1H. The lowest BCUT2D eigenvalue weighted by Gasteiger charge is -2.24. The summed E-state index contributed by atoms with van der Waals surface area (Å²) in [5.74, 6) is 2.97. The maximum atomic E-state index is 4.72. The molecular formula is C20H31IN6S. The molecule has 154 valence electrons.